The van der Waals surface area contributed by atoms with Crippen LogP contribution in [0.4, 0.5) is 5.69 Å². The SMILES string of the molecule is COC(=O)C1=C(Nc2ccccc2)C(=O)OC1c1ccc2c(c1)c1ccccc1n2C. The monoisotopic (exact) mass is 412 g/mol. The van der Waals surface area contributed by atoms with Crippen LogP contribution >= 0.6 is 0 Å². The summed E-state index contributed by atoms with van der Waals surface area (Å²) in [6.45, 7) is 0. The number of nitrogens with one attached hydrogen (secondary N) is 1. The Morgan fingerprint density at radius 2 is 1.68 bits per heavy atom. The fourth-order valence-corrected chi connectivity index (χ4v) is 4.15. The van der Waals surface area contributed by atoms with Gasteiger partial charge in [0.25, 0.3) is 0 Å². The van der Waals surface area contributed by atoms with E-state index in [9.17, 15) is 9.59 Å². The molecule has 0 aliphatic carbocycles. The van der Waals surface area contributed by atoms with E-state index >= 15 is 0 Å². The van der Waals surface area contributed by atoms with Crippen molar-refractivity contribution in [3.63, 3.8) is 0 Å². The number of para-hydroxylation sites is 2. The van der Waals surface area contributed by atoms with Crippen molar-refractivity contribution in [1.29, 1.82) is 0 Å². The van der Waals surface area contributed by atoms with Crippen molar-refractivity contribution < 1.29 is 19.1 Å². The van der Waals surface area contributed by atoms with Crippen molar-refractivity contribution in [3.8, 4) is 0 Å². The first-order chi connectivity index (χ1) is 15.1. The van der Waals surface area contributed by atoms with E-state index in [4.69, 9.17) is 9.47 Å². The second kappa shape index (κ2) is 7.32. The minimum Gasteiger partial charge on any atom is -0.465 e. The molecule has 1 aliphatic heterocycles. The Hall–Kier alpha value is -4.06. The Kier molecular flexibility index (Phi) is 4.47. The Balaban J connectivity index is 1.65. The minimum atomic E-state index is -0.852. The molecule has 1 unspecified atom stereocenters. The lowest BCUT2D eigenvalue weighted by Crippen LogP contribution is -2.14. The van der Waals surface area contributed by atoms with E-state index in [0.29, 0.717) is 11.3 Å². The number of fused-ring (bicyclic) bond motifs is 3. The van der Waals surface area contributed by atoms with E-state index < -0.39 is 18.0 Å². The quantitative estimate of drug-likeness (QED) is 0.501. The van der Waals surface area contributed by atoms with Crippen molar-refractivity contribution in [2.75, 3.05) is 12.4 Å². The van der Waals surface area contributed by atoms with Crippen LogP contribution in [-0.2, 0) is 26.1 Å². The number of benzene rings is 3. The zero-order valence-electron chi connectivity index (χ0n) is 17.1. The molecule has 1 N–H and O–H groups in total. The number of methoxy groups -OCH3 is 1. The van der Waals surface area contributed by atoms with Gasteiger partial charge in [0.2, 0.25) is 0 Å². The molecule has 0 amide bonds. The maximum Gasteiger partial charge on any atom is 0.356 e. The molecule has 154 valence electrons. The van der Waals surface area contributed by atoms with E-state index in [1.165, 1.54) is 7.11 Å². The molecule has 5 rings (SSSR count). The van der Waals surface area contributed by atoms with Gasteiger partial charge in [-0.15, -0.1) is 0 Å². The summed E-state index contributed by atoms with van der Waals surface area (Å²) in [5.41, 5.74) is 3.81. The van der Waals surface area contributed by atoms with Crippen LogP contribution < -0.4 is 5.32 Å². The molecule has 0 bridgehead atoms. The van der Waals surface area contributed by atoms with Crippen molar-refractivity contribution in [3.05, 3.63) is 89.6 Å². The lowest BCUT2D eigenvalue weighted by atomic mass is 9.99. The van der Waals surface area contributed by atoms with Gasteiger partial charge in [-0.2, -0.15) is 0 Å². The Morgan fingerprint density at radius 3 is 2.45 bits per heavy atom. The second-order valence-electron chi connectivity index (χ2n) is 7.41. The second-order valence-corrected chi connectivity index (χ2v) is 7.41. The summed E-state index contributed by atoms with van der Waals surface area (Å²) in [6.07, 6.45) is -0.852. The highest BCUT2D eigenvalue weighted by Gasteiger charge is 2.40. The molecule has 31 heavy (non-hydrogen) atoms. The van der Waals surface area contributed by atoms with Crippen LogP contribution in [0.15, 0.2) is 84.1 Å². The van der Waals surface area contributed by atoms with Crippen LogP contribution in [0.25, 0.3) is 21.8 Å². The van der Waals surface area contributed by atoms with E-state index in [-0.39, 0.29) is 11.3 Å². The summed E-state index contributed by atoms with van der Waals surface area (Å²) in [5.74, 6) is -1.19. The van der Waals surface area contributed by atoms with Crippen LogP contribution in [0, 0.1) is 0 Å². The number of ether oxygens (including phenoxy) is 2. The molecule has 1 atom stereocenters. The molecule has 0 spiro atoms. The Morgan fingerprint density at radius 1 is 0.968 bits per heavy atom. The van der Waals surface area contributed by atoms with Crippen LogP contribution in [0.2, 0.25) is 0 Å². The van der Waals surface area contributed by atoms with E-state index in [2.05, 4.69) is 22.0 Å². The van der Waals surface area contributed by atoms with Crippen LogP contribution in [0.1, 0.15) is 11.7 Å². The molecule has 1 aliphatic rings. The first kappa shape index (κ1) is 18.9. The summed E-state index contributed by atoms with van der Waals surface area (Å²) >= 11 is 0. The zero-order valence-corrected chi connectivity index (χ0v) is 17.1. The molecule has 6 nitrogen and oxygen atoms in total. The van der Waals surface area contributed by atoms with Gasteiger partial charge in [0, 0.05) is 34.5 Å². The average molecular weight is 412 g/mol. The Bertz CT molecular complexity index is 1370. The molecule has 2 heterocycles. The summed E-state index contributed by atoms with van der Waals surface area (Å²) < 4.78 is 12.8. The number of aromatic nitrogens is 1. The van der Waals surface area contributed by atoms with Gasteiger partial charge in [-0.1, -0.05) is 42.5 Å². The third-order valence-electron chi connectivity index (χ3n) is 5.65. The number of anilines is 1. The molecule has 0 fully saturated rings. The third kappa shape index (κ3) is 3.04. The number of hydrogen-bond acceptors (Lipinski definition) is 5. The van der Waals surface area contributed by atoms with Gasteiger partial charge in [-0.05, 0) is 35.9 Å². The largest absolute Gasteiger partial charge is 0.465 e. The summed E-state index contributed by atoms with van der Waals surface area (Å²) in [5, 5.41) is 5.15. The molecule has 0 saturated heterocycles. The van der Waals surface area contributed by atoms with E-state index in [1.54, 1.807) is 0 Å². The Labute approximate surface area is 178 Å². The van der Waals surface area contributed by atoms with Crippen molar-refractivity contribution in [2.45, 2.75) is 6.10 Å². The van der Waals surface area contributed by atoms with Crippen LogP contribution in [0.5, 0.6) is 0 Å². The highest BCUT2D eigenvalue weighted by Crippen LogP contribution is 2.39. The fourth-order valence-electron chi connectivity index (χ4n) is 4.15. The summed E-state index contributed by atoms with van der Waals surface area (Å²) in [4.78, 5) is 25.4. The summed E-state index contributed by atoms with van der Waals surface area (Å²) in [6, 6.07) is 23.1. The highest BCUT2D eigenvalue weighted by atomic mass is 16.6. The minimum absolute atomic E-state index is 0.0982. The van der Waals surface area contributed by atoms with Gasteiger partial charge in [-0.25, -0.2) is 9.59 Å². The van der Waals surface area contributed by atoms with Crippen LogP contribution in [-0.4, -0.2) is 23.6 Å². The number of nitrogens with zero attached hydrogens (tertiary/aromatic N) is 1. The molecule has 4 aromatic rings. The predicted octanol–water partition coefficient (Wildman–Crippen LogP) is 4.47. The normalized spacial score (nSPS) is 16.1. The molecular weight excluding hydrogens is 392 g/mol. The maximum absolute atomic E-state index is 12.7. The van der Waals surface area contributed by atoms with Gasteiger partial charge in [-0.3, -0.25) is 0 Å². The molecule has 6 heteroatoms. The standard InChI is InChI=1S/C25H20N2O4/c1-27-19-11-7-6-10-17(19)18-14-15(12-13-20(18)27)23-21(24(28)30-2)22(25(29)31-23)26-16-8-4-3-5-9-16/h3-14,23,26H,1-2H3. The number of aryl methyl sites for hydroxylation is 1. The maximum atomic E-state index is 12.7. The molecule has 0 radical (unpaired) electrons. The van der Waals surface area contributed by atoms with Crippen molar-refractivity contribution in [2.24, 2.45) is 7.05 Å². The number of hydrogen-bond donors (Lipinski definition) is 1. The van der Waals surface area contributed by atoms with Gasteiger partial charge < -0.3 is 19.4 Å². The fraction of sp³-hybridized carbons (Fsp3) is 0.120. The first-order valence-electron chi connectivity index (χ1n) is 9.91. The molecular formula is C25H20N2O4. The number of carbonyl (C=O) groups is 2. The van der Waals surface area contributed by atoms with E-state index in [1.807, 2.05) is 67.7 Å². The smallest absolute Gasteiger partial charge is 0.356 e. The highest BCUT2D eigenvalue weighted by molar-refractivity contribution is 6.09. The molecule has 0 saturated carbocycles. The lowest BCUT2D eigenvalue weighted by molar-refractivity contribution is -0.141. The van der Waals surface area contributed by atoms with Gasteiger partial charge in [0.05, 0.1) is 7.11 Å². The number of esters is 2. The van der Waals surface area contributed by atoms with Crippen LogP contribution in [0.3, 0.4) is 0 Å². The average Bonchev–Trinajstić information content (AvgIpc) is 3.28. The first-order valence-corrected chi connectivity index (χ1v) is 9.91. The molecule has 3 aromatic carbocycles. The topological polar surface area (TPSA) is 69.6 Å². The van der Waals surface area contributed by atoms with Crippen molar-refractivity contribution >= 4 is 39.4 Å². The van der Waals surface area contributed by atoms with Gasteiger partial charge >= 0.3 is 11.9 Å². The lowest BCUT2D eigenvalue weighted by Gasteiger charge is -2.13. The predicted molar refractivity (Wildman–Crippen MR) is 118 cm³/mol. The van der Waals surface area contributed by atoms with E-state index in [0.717, 1.165) is 21.8 Å². The van der Waals surface area contributed by atoms with Crippen molar-refractivity contribution in [1.82, 2.24) is 4.57 Å². The zero-order chi connectivity index (χ0) is 21.5. The number of carbonyl (C=O) groups excluding carboxylic acids is 2. The molecule has 1 aromatic heterocycles. The number of cyclic esters (lactones) is 1. The third-order valence-corrected chi connectivity index (χ3v) is 5.65. The van der Waals surface area contributed by atoms with Gasteiger partial charge in [0.1, 0.15) is 11.3 Å². The number of rotatable bonds is 4. The van der Waals surface area contributed by atoms with Gasteiger partial charge in [0.15, 0.2) is 6.10 Å². The summed E-state index contributed by atoms with van der Waals surface area (Å²) in [7, 11) is 3.31.